The maximum Gasteiger partial charge on any atom is 0.243 e. The van der Waals surface area contributed by atoms with Crippen LogP contribution < -0.4 is 5.32 Å². The van der Waals surface area contributed by atoms with E-state index in [1.807, 2.05) is 0 Å². The first-order valence-corrected chi connectivity index (χ1v) is 4.78. The number of amides is 1. The van der Waals surface area contributed by atoms with Crippen LogP contribution in [0.3, 0.4) is 0 Å². The zero-order chi connectivity index (χ0) is 12.0. The lowest BCUT2D eigenvalue weighted by Gasteiger charge is -2.02. The van der Waals surface area contributed by atoms with Gasteiger partial charge < -0.3 is 5.32 Å². The van der Waals surface area contributed by atoms with Gasteiger partial charge in [-0.2, -0.15) is 0 Å². The van der Waals surface area contributed by atoms with Crippen molar-refractivity contribution in [2.75, 3.05) is 6.54 Å². The SMILES string of the molecule is C=CC(=O)NCC(=O)Cc1ccc(F)cc1. The Hall–Kier alpha value is -1.97. The van der Waals surface area contributed by atoms with Crippen LogP contribution in [0.1, 0.15) is 5.56 Å². The molecule has 84 valence electrons. The van der Waals surface area contributed by atoms with Crippen molar-refractivity contribution in [2.24, 2.45) is 0 Å². The van der Waals surface area contributed by atoms with E-state index in [0.717, 1.165) is 11.6 Å². The number of ketones is 1. The Morgan fingerprint density at radius 1 is 1.31 bits per heavy atom. The molecule has 3 nitrogen and oxygen atoms in total. The molecule has 0 heterocycles. The predicted octanol–water partition coefficient (Wildman–Crippen LogP) is 1.24. The molecule has 1 rings (SSSR count). The fourth-order valence-electron chi connectivity index (χ4n) is 1.15. The summed E-state index contributed by atoms with van der Waals surface area (Å²) < 4.78 is 12.6. The first kappa shape index (κ1) is 12.1. The van der Waals surface area contributed by atoms with Crippen LogP contribution in [0.25, 0.3) is 0 Å². The van der Waals surface area contributed by atoms with Crippen molar-refractivity contribution in [3.05, 3.63) is 48.3 Å². The van der Waals surface area contributed by atoms with E-state index in [9.17, 15) is 14.0 Å². The molecule has 0 spiro atoms. The van der Waals surface area contributed by atoms with Crippen molar-refractivity contribution in [3.63, 3.8) is 0 Å². The van der Waals surface area contributed by atoms with E-state index in [2.05, 4.69) is 11.9 Å². The van der Waals surface area contributed by atoms with Gasteiger partial charge in [0.1, 0.15) is 5.82 Å². The van der Waals surface area contributed by atoms with E-state index >= 15 is 0 Å². The number of Topliss-reactive ketones (excluding diaryl/α,β-unsaturated/α-hetero) is 1. The van der Waals surface area contributed by atoms with E-state index < -0.39 is 0 Å². The highest BCUT2D eigenvalue weighted by Gasteiger charge is 2.04. The number of hydrogen-bond donors (Lipinski definition) is 1. The molecule has 0 unspecified atom stereocenters. The standard InChI is InChI=1S/C12H12FNO2/c1-2-12(16)14-8-11(15)7-9-3-5-10(13)6-4-9/h2-6H,1,7-8H2,(H,14,16). The first-order valence-electron chi connectivity index (χ1n) is 4.78. The smallest absolute Gasteiger partial charge is 0.243 e. The van der Waals surface area contributed by atoms with Gasteiger partial charge in [-0.1, -0.05) is 18.7 Å². The van der Waals surface area contributed by atoms with Crippen LogP contribution in [0.4, 0.5) is 4.39 Å². The molecule has 0 radical (unpaired) electrons. The molecular weight excluding hydrogens is 209 g/mol. The van der Waals surface area contributed by atoms with Crippen molar-refractivity contribution >= 4 is 11.7 Å². The maximum absolute atomic E-state index is 12.6. The minimum Gasteiger partial charge on any atom is -0.345 e. The monoisotopic (exact) mass is 221 g/mol. The number of rotatable bonds is 5. The minimum atomic E-state index is -0.382. The lowest BCUT2D eigenvalue weighted by atomic mass is 10.1. The highest BCUT2D eigenvalue weighted by Crippen LogP contribution is 2.03. The molecular formula is C12H12FNO2. The average Bonchev–Trinajstić information content (AvgIpc) is 2.29. The van der Waals surface area contributed by atoms with E-state index in [-0.39, 0.29) is 30.5 Å². The van der Waals surface area contributed by atoms with Crippen LogP contribution in [0, 0.1) is 5.82 Å². The topological polar surface area (TPSA) is 46.2 Å². The quantitative estimate of drug-likeness (QED) is 0.760. The van der Waals surface area contributed by atoms with Crippen LogP contribution in [0.15, 0.2) is 36.9 Å². The average molecular weight is 221 g/mol. The van der Waals surface area contributed by atoms with E-state index in [1.165, 1.54) is 12.1 Å². The second kappa shape index (κ2) is 5.80. The minimum absolute atomic E-state index is 0.0395. The summed E-state index contributed by atoms with van der Waals surface area (Å²) in [6.45, 7) is 3.23. The van der Waals surface area contributed by atoms with E-state index in [0.29, 0.717) is 0 Å². The summed E-state index contributed by atoms with van der Waals surface area (Å²) in [5, 5.41) is 2.38. The third-order valence-electron chi connectivity index (χ3n) is 1.96. The number of carbonyl (C=O) groups is 2. The summed E-state index contributed by atoms with van der Waals surface area (Å²) in [4.78, 5) is 22.2. The van der Waals surface area contributed by atoms with E-state index in [4.69, 9.17) is 0 Å². The zero-order valence-electron chi connectivity index (χ0n) is 8.70. The third kappa shape index (κ3) is 4.04. The summed E-state index contributed by atoms with van der Waals surface area (Å²) >= 11 is 0. The first-order chi connectivity index (χ1) is 7.61. The zero-order valence-corrected chi connectivity index (χ0v) is 8.70. The molecule has 0 saturated heterocycles. The molecule has 0 aliphatic carbocycles. The molecule has 1 amide bonds. The van der Waals surface area contributed by atoms with E-state index in [1.54, 1.807) is 12.1 Å². The molecule has 1 aromatic rings. The van der Waals surface area contributed by atoms with Crippen LogP contribution in [0.2, 0.25) is 0 Å². The Bertz CT molecular complexity index is 398. The van der Waals surface area contributed by atoms with Gasteiger partial charge >= 0.3 is 0 Å². The van der Waals surface area contributed by atoms with Crippen LogP contribution in [-0.2, 0) is 16.0 Å². The van der Waals surface area contributed by atoms with Gasteiger partial charge in [0.15, 0.2) is 5.78 Å². The van der Waals surface area contributed by atoms with Gasteiger partial charge in [-0.25, -0.2) is 4.39 Å². The number of benzene rings is 1. The fourth-order valence-corrected chi connectivity index (χ4v) is 1.15. The molecule has 0 fully saturated rings. The largest absolute Gasteiger partial charge is 0.345 e. The van der Waals surface area contributed by atoms with Crippen LogP contribution in [-0.4, -0.2) is 18.2 Å². The third-order valence-corrected chi connectivity index (χ3v) is 1.96. The normalized spacial score (nSPS) is 9.56. The molecule has 0 saturated carbocycles. The Labute approximate surface area is 93.0 Å². The van der Waals surface area contributed by atoms with Gasteiger partial charge in [0.25, 0.3) is 0 Å². The van der Waals surface area contributed by atoms with Gasteiger partial charge in [0.05, 0.1) is 6.54 Å². The molecule has 16 heavy (non-hydrogen) atoms. The summed E-state index contributed by atoms with van der Waals surface area (Å²) in [7, 11) is 0. The highest BCUT2D eigenvalue weighted by atomic mass is 19.1. The summed E-state index contributed by atoms with van der Waals surface area (Å²) in [6, 6.07) is 5.68. The van der Waals surface area contributed by atoms with Gasteiger partial charge in [0.2, 0.25) is 5.91 Å². The molecule has 0 aromatic heterocycles. The Balaban J connectivity index is 2.42. The molecule has 0 atom stereocenters. The van der Waals surface area contributed by atoms with Crippen molar-refractivity contribution in [2.45, 2.75) is 6.42 Å². The maximum atomic E-state index is 12.6. The van der Waals surface area contributed by atoms with Gasteiger partial charge in [-0.15, -0.1) is 0 Å². The van der Waals surface area contributed by atoms with Crippen molar-refractivity contribution in [1.29, 1.82) is 0 Å². The summed E-state index contributed by atoms with van der Waals surface area (Å²) in [6.07, 6.45) is 1.28. The van der Waals surface area contributed by atoms with Crippen molar-refractivity contribution in [3.8, 4) is 0 Å². The predicted molar refractivity (Wildman–Crippen MR) is 58.3 cm³/mol. The Morgan fingerprint density at radius 3 is 2.50 bits per heavy atom. The van der Waals surface area contributed by atoms with Crippen molar-refractivity contribution < 1.29 is 14.0 Å². The lowest BCUT2D eigenvalue weighted by molar-refractivity contribution is -0.122. The van der Waals surface area contributed by atoms with Gasteiger partial charge in [-0.05, 0) is 23.8 Å². The number of nitrogens with one attached hydrogen (secondary N) is 1. The highest BCUT2D eigenvalue weighted by molar-refractivity contribution is 5.91. The van der Waals surface area contributed by atoms with Gasteiger partial charge in [0, 0.05) is 6.42 Å². The van der Waals surface area contributed by atoms with Crippen molar-refractivity contribution in [1.82, 2.24) is 5.32 Å². The second-order valence-electron chi connectivity index (χ2n) is 3.26. The molecule has 0 aliphatic rings. The molecule has 1 N–H and O–H groups in total. The Morgan fingerprint density at radius 2 is 1.94 bits per heavy atom. The summed E-state index contributed by atoms with van der Waals surface area (Å²) in [5.74, 6) is -0.856. The molecule has 0 aliphatic heterocycles. The van der Waals surface area contributed by atoms with Gasteiger partial charge in [-0.3, -0.25) is 9.59 Å². The van der Waals surface area contributed by atoms with Crippen LogP contribution in [0.5, 0.6) is 0 Å². The second-order valence-corrected chi connectivity index (χ2v) is 3.26. The lowest BCUT2D eigenvalue weighted by Crippen LogP contribution is -2.28. The van der Waals surface area contributed by atoms with Crippen LogP contribution >= 0.6 is 0 Å². The summed E-state index contributed by atoms with van der Waals surface area (Å²) in [5.41, 5.74) is 0.722. The number of carbonyl (C=O) groups excluding carboxylic acids is 2. The number of halogens is 1. The Kier molecular flexibility index (Phi) is 4.39. The fraction of sp³-hybridized carbons (Fsp3) is 0.167. The molecule has 4 heteroatoms. The number of hydrogen-bond acceptors (Lipinski definition) is 2. The molecule has 1 aromatic carbocycles. The molecule has 0 bridgehead atoms.